The molecule has 4 rings (SSSR count). The fraction of sp³-hybridized carbons (Fsp3) is 0.500. The van der Waals surface area contributed by atoms with Gasteiger partial charge in [0.25, 0.3) is 0 Å². The number of carbonyl (C=O) groups is 2. The Morgan fingerprint density at radius 1 is 1.03 bits per heavy atom. The molecule has 1 aliphatic carbocycles. The van der Waals surface area contributed by atoms with Crippen LogP contribution in [-0.4, -0.2) is 48.6 Å². The maximum Gasteiger partial charge on any atom is 0.414 e. The minimum absolute atomic E-state index is 0.0626. The zero-order valence-electron chi connectivity index (χ0n) is 20.0. The molecule has 2 aromatic rings. The molecule has 1 heterocycles. The molecular formula is C28H35FN2O3. The van der Waals surface area contributed by atoms with E-state index in [0.29, 0.717) is 30.6 Å². The predicted octanol–water partition coefficient (Wildman–Crippen LogP) is 6.08. The molecular weight excluding hydrogens is 431 g/mol. The van der Waals surface area contributed by atoms with Crippen LogP contribution < -0.4 is 4.90 Å². The van der Waals surface area contributed by atoms with Gasteiger partial charge in [-0.15, -0.1) is 0 Å². The lowest BCUT2D eigenvalue weighted by Gasteiger charge is -2.50. The average Bonchev–Trinajstić information content (AvgIpc) is 2.86. The van der Waals surface area contributed by atoms with Crippen molar-refractivity contribution in [2.45, 2.75) is 64.0 Å². The second-order valence-electron chi connectivity index (χ2n) is 9.35. The highest BCUT2D eigenvalue weighted by molar-refractivity contribution is 5.96. The maximum absolute atomic E-state index is 13.1. The Balaban J connectivity index is 1.43. The Bertz CT molecular complexity index is 950. The van der Waals surface area contributed by atoms with Gasteiger partial charge in [-0.2, -0.15) is 0 Å². The van der Waals surface area contributed by atoms with E-state index in [1.54, 1.807) is 12.1 Å². The first-order valence-electron chi connectivity index (χ1n) is 12.6. The second-order valence-corrected chi connectivity index (χ2v) is 9.35. The lowest BCUT2D eigenvalue weighted by Crippen LogP contribution is -2.59. The van der Waals surface area contributed by atoms with Crippen LogP contribution in [0.3, 0.4) is 0 Å². The Morgan fingerprint density at radius 3 is 2.50 bits per heavy atom. The van der Waals surface area contributed by atoms with Crippen LogP contribution >= 0.6 is 0 Å². The summed E-state index contributed by atoms with van der Waals surface area (Å²) in [7, 11) is 0. The summed E-state index contributed by atoms with van der Waals surface area (Å²) < 4.78 is 18.6. The van der Waals surface area contributed by atoms with Gasteiger partial charge in [-0.25, -0.2) is 9.18 Å². The van der Waals surface area contributed by atoms with Gasteiger partial charge in [0.15, 0.2) is 5.78 Å². The summed E-state index contributed by atoms with van der Waals surface area (Å²) in [5, 5.41) is 0. The number of likely N-dealkylation sites (tertiary alicyclic amines) is 1. The molecule has 1 saturated carbocycles. The molecule has 2 fully saturated rings. The molecule has 1 aliphatic heterocycles. The lowest BCUT2D eigenvalue weighted by atomic mass is 9.74. The lowest BCUT2D eigenvalue weighted by molar-refractivity contribution is 0.0414. The number of benzene rings is 2. The SMILES string of the molecule is CCOC(=O)N(c1ccccc1)[C@H]1CCN(CCCC(=O)c2ccc(F)cc2)C2CCCC[C@H]21. The number of piperidine rings is 1. The summed E-state index contributed by atoms with van der Waals surface area (Å²) in [4.78, 5) is 30.0. The van der Waals surface area contributed by atoms with Gasteiger partial charge in [-0.05, 0) is 81.5 Å². The number of ketones is 1. The van der Waals surface area contributed by atoms with Crippen LogP contribution in [0.2, 0.25) is 0 Å². The number of ether oxygens (including phenoxy) is 1. The molecule has 0 N–H and O–H groups in total. The van der Waals surface area contributed by atoms with Crippen molar-refractivity contribution in [1.82, 2.24) is 4.90 Å². The van der Waals surface area contributed by atoms with Crippen molar-refractivity contribution >= 4 is 17.6 Å². The highest BCUT2D eigenvalue weighted by Crippen LogP contribution is 2.39. The van der Waals surface area contributed by atoms with E-state index in [-0.39, 0.29) is 23.7 Å². The number of anilines is 1. The number of rotatable bonds is 8. The first-order chi connectivity index (χ1) is 16.6. The maximum atomic E-state index is 13.1. The van der Waals surface area contributed by atoms with Crippen LogP contribution in [0.4, 0.5) is 14.9 Å². The standard InChI is InChI=1S/C28H35FN2O3/c1-2-34-28(33)31(23-9-4-3-5-10-23)26-18-20-30(25-12-7-6-11-24(25)26)19-8-13-27(32)21-14-16-22(29)17-15-21/h3-5,9-10,14-17,24-26H,2,6-8,11-13,18-20H2,1H3/t24-,25?,26+/m1/s1. The van der Waals surface area contributed by atoms with E-state index in [1.165, 1.54) is 25.0 Å². The van der Waals surface area contributed by atoms with Gasteiger partial charge in [0.2, 0.25) is 0 Å². The normalized spacial score (nSPS) is 22.6. The van der Waals surface area contributed by atoms with Gasteiger partial charge >= 0.3 is 6.09 Å². The number of hydrogen-bond donors (Lipinski definition) is 0. The molecule has 34 heavy (non-hydrogen) atoms. The molecule has 5 nitrogen and oxygen atoms in total. The minimum atomic E-state index is -0.324. The van der Waals surface area contributed by atoms with E-state index in [0.717, 1.165) is 44.5 Å². The van der Waals surface area contributed by atoms with Crippen molar-refractivity contribution in [2.75, 3.05) is 24.6 Å². The molecule has 2 aliphatic rings. The molecule has 1 amide bonds. The molecule has 3 atom stereocenters. The van der Waals surface area contributed by atoms with Gasteiger partial charge in [0, 0.05) is 36.3 Å². The van der Waals surface area contributed by atoms with Crippen molar-refractivity contribution < 1.29 is 18.7 Å². The van der Waals surface area contributed by atoms with Crippen molar-refractivity contribution in [3.63, 3.8) is 0 Å². The topological polar surface area (TPSA) is 49.9 Å². The first kappa shape index (κ1) is 24.4. The molecule has 0 aromatic heterocycles. The van der Waals surface area contributed by atoms with Crippen LogP contribution in [0.5, 0.6) is 0 Å². The molecule has 2 aromatic carbocycles. The van der Waals surface area contributed by atoms with E-state index >= 15 is 0 Å². The molecule has 0 bridgehead atoms. The van der Waals surface area contributed by atoms with E-state index < -0.39 is 0 Å². The monoisotopic (exact) mass is 466 g/mol. The quantitative estimate of drug-likeness (QED) is 0.442. The fourth-order valence-corrected chi connectivity index (χ4v) is 5.76. The van der Waals surface area contributed by atoms with Gasteiger partial charge < -0.3 is 4.74 Å². The van der Waals surface area contributed by atoms with Gasteiger partial charge in [0.05, 0.1) is 6.61 Å². The summed E-state index contributed by atoms with van der Waals surface area (Å²) in [6.45, 7) is 3.97. The highest BCUT2D eigenvalue weighted by Gasteiger charge is 2.43. The first-order valence-corrected chi connectivity index (χ1v) is 12.6. The molecule has 0 spiro atoms. The van der Waals surface area contributed by atoms with Gasteiger partial charge in [0.1, 0.15) is 5.82 Å². The predicted molar refractivity (Wildman–Crippen MR) is 132 cm³/mol. The molecule has 1 saturated heterocycles. The third-order valence-corrected chi connectivity index (χ3v) is 7.30. The van der Waals surface area contributed by atoms with Gasteiger partial charge in [-0.1, -0.05) is 31.0 Å². The molecule has 0 radical (unpaired) electrons. The number of Topliss-reactive ketones (excluding diaryl/α,β-unsaturated/α-hetero) is 1. The van der Waals surface area contributed by atoms with E-state index in [2.05, 4.69) is 4.90 Å². The third kappa shape index (κ3) is 5.66. The zero-order valence-corrected chi connectivity index (χ0v) is 20.0. The van der Waals surface area contributed by atoms with Gasteiger partial charge in [-0.3, -0.25) is 14.6 Å². The number of para-hydroxylation sites is 1. The van der Waals surface area contributed by atoms with Crippen molar-refractivity contribution in [2.24, 2.45) is 5.92 Å². The van der Waals surface area contributed by atoms with Crippen molar-refractivity contribution in [1.29, 1.82) is 0 Å². The third-order valence-electron chi connectivity index (χ3n) is 7.30. The van der Waals surface area contributed by atoms with Crippen LogP contribution in [-0.2, 0) is 4.74 Å². The van der Waals surface area contributed by atoms with Crippen LogP contribution in [0, 0.1) is 11.7 Å². The molecule has 182 valence electrons. The zero-order chi connectivity index (χ0) is 23.9. The van der Waals surface area contributed by atoms with Crippen LogP contribution in [0.25, 0.3) is 0 Å². The number of fused-ring (bicyclic) bond motifs is 1. The largest absolute Gasteiger partial charge is 0.449 e. The van der Waals surface area contributed by atoms with E-state index in [4.69, 9.17) is 4.74 Å². The Hall–Kier alpha value is -2.73. The van der Waals surface area contributed by atoms with Crippen molar-refractivity contribution in [3.05, 3.63) is 66.0 Å². The Morgan fingerprint density at radius 2 is 1.76 bits per heavy atom. The highest BCUT2D eigenvalue weighted by atomic mass is 19.1. The van der Waals surface area contributed by atoms with Crippen molar-refractivity contribution in [3.8, 4) is 0 Å². The summed E-state index contributed by atoms with van der Waals surface area (Å²) in [6, 6.07) is 16.2. The minimum Gasteiger partial charge on any atom is -0.449 e. The molecule has 1 unspecified atom stereocenters. The smallest absolute Gasteiger partial charge is 0.414 e. The Labute approximate surface area is 201 Å². The number of halogens is 1. The summed E-state index contributed by atoms with van der Waals surface area (Å²) in [5.41, 5.74) is 1.47. The fourth-order valence-electron chi connectivity index (χ4n) is 5.76. The van der Waals surface area contributed by atoms with E-state index in [1.807, 2.05) is 42.2 Å². The van der Waals surface area contributed by atoms with Crippen LogP contribution in [0.15, 0.2) is 54.6 Å². The number of nitrogens with zero attached hydrogens (tertiary/aromatic N) is 2. The van der Waals surface area contributed by atoms with E-state index in [9.17, 15) is 14.0 Å². The second kappa shape index (κ2) is 11.6. The van der Waals surface area contributed by atoms with Crippen LogP contribution in [0.1, 0.15) is 62.2 Å². The number of carbonyl (C=O) groups excluding carboxylic acids is 2. The number of hydrogen-bond acceptors (Lipinski definition) is 4. The average molecular weight is 467 g/mol. The molecule has 6 heteroatoms. The Kier molecular flexibility index (Phi) is 8.33. The summed E-state index contributed by atoms with van der Waals surface area (Å²) in [6.07, 6.45) is 6.47. The summed E-state index contributed by atoms with van der Waals surface area (Å²) in [5.74, 6) is 0.127. The summed E-state index contributed by atoms with van der Waals surface area (Å²) >= 11 is 0. The number of amides is 1.